The van der Waals surface area contributed by atoms with Gasteiger partial charge in [0.25, 0.3) is 0 Å². The van der Waals surface area contributed by atoms with Crippen molar-refractivity contribution in [3.63, 3.8) is 0 Å². The highest BCUT2D eigenvalue weighted by Gasteiger charge is 2.03. The summed E-state index contributed by atoms with van der Waals surface area (Å²) < 4.78 is 18.9. The summed E-state index contributed by atoms with van der Waals surface area (Å²) >= 11 is 0. The van der Waals surface area contributed by atoms with E-state index in [9.17, 15) is 9.18 Å². The highest BCUT2D eigenvalue weighted by Crippen LogP contribution is 2.24. The number of carbonyl (C=O) groups is 1. The minimum absolute atomic E-state index is 0.230. The van der Waals surface area contributed by atoms with Crippen LogP contribution in [0.4, 0.5) is 4.39 Å². The van der Waals surface area contributed by atoms with Gasteiger partial charge < -0.3 is 15.8 Å². The number of hydrogen-bond donors (Lipinski definition) is 2. The van der Waals surface area contributed by atoms with Gasteiger partial charge in [0, 0.05) is 18.7 Å². The second-order valence-corrected chi connectivity index (χ2v) is 6.12. The van der Waals surface area contributed by atoms with Crippen molar-refractivity contribution in [1.82, 2.24) is 5.32 Å². The van der Waals surface area contributed by atoms with Crippen LogP contribution in [0.3, 0.4) is 0 Å². The van der Waals surface area contributed by atoms with Crippen LogP contribution in [0.2, 0.25) is 0 Å². The van der Waals surface area contributed by atoms with E-state index in [1.807, 2.05) is 42.5 Å². The highest BCUT2D eigenvalue weighted by atomic mass is 19.1. The molecule has 0 atom stereocenters. The number of nitrogens with two attached hydrogens (primary N) is 1. The molecule has 0 saturated heterocycles. The lowest BCUT2D eigenvalue weighted by Crippen LogP contribution is -2.20. The van der Waals surface area contributed by atoms with Crippen molar-refractivity contribution in [2.24, 2.45) is 5.73 Å². The van der Waals surface area contributed by atoms with E-state index >= 15 is 0 Å². The Kier molecular flexibility index (Phi) is 6.18. The van der Waals surface area contributed by atoms with Crippen molar-refractivity contribution < 1.29 is 13.9 Å². The summed E-state index contributed by atoms with van der Waals surface area (Å²) in [5, 5.41) is 3.23. The Morgan fingerprint density at radius 2 is 1.74 bits per heavy atom. The zero-order valence-corrected chi connectivity index (χ0v) is 14.8. The van der Waals surface area contributed by atoms with Crippen LogP contribution < -0.4 is 15.8 Å². The summed E-state index contributed by atoms with van der Waals surface area (Å²) in [7, 11) is 0. The maximum atomic E-state index is 13.1. The largest absolute Gasteiger partial charge is 0.492 e. The molecule has 0 radical (unpaired) electrons. The Labute approximate surface area is 157 Å². The van der Waals surface area contributed by atoms with Crippen molar-refractivity contribution in [3.05, 3.63) is 89.7 Å². The molecule has 0 bridgehead atoms. The molecule has 0 aliphatic heterocycles. The minimum Gasteiger partial charge on any atom is -0.492 e. The first-order chi connectivity index (χ1) is 13.1. The molecule has 0 aromatic heterocycles. The first-order valence-electron chi connectivity index (χ1n) is 8.70. The molecule has 3 aromatic rings. The van der Waals surface area contributed by atoms with Crippen molar-refractivity contribution in [2.75, 3.05) is 13.2 Å². The summed E-state index contributed by atoms with van der Waals surface area (Å²) in [4.78, 5) is 11.2. The second-order valence-electron chi connectivity index (χ2n) is 6.12. The molecular formula is C22H21FN2O2. The predicted octanol–water partition coefficient (Wildman–Crippen LogP) is 3.76. The fourth-order valence-electron chi connectivity index (χ4n) is 2.71. The Morgan fingerprint density at radius 1 is 0.963 bits per heavy atom. The molecule has 0 heterocycles. The number of nitrogens with one attached hydrogen (secondary N) is 1. The van der Waals surface area contributed by atoms with Crippen LogP contribution in [-0.4, -0.2) is 19.1 Å². The van der Waals surface area contributed by atoms with Gasteiger partial charge in [-0.15, -0.1) is 0 Å². The van der Waals surface area contributed by atoms with E-state index in [1.165, 1.54) is 12.1 Å². The first-order valence-corrected chi connectivity index (χ1v) is 8.70. The lowest BCUT2D eigenvalue weighted by Gasteiger charge is -2.10. The van der Waals surface area contributed by atoms with Crippen LogP contribution in [0.25, 0.3) is 11.1 Å². The van der Waals surface area contributed by atoms with Gasteiger partial charge in [-0.3, -0.25) is 4.79 Å². The molecule has 4 nitrogen and oxygen atoms in total. The third-order valence-electron chi connectivity index (χ3n) is 4.10. The zero-order valence-electron chi connectivity index (χ0n) is 14.8. The quantitative estimate of drug-likeness (QED) is 0.598. The van der Waals surface area contributed by atoms with Crippen molar-refractivity contribution in [2.45, 2.75) is 6.54 Å². The third-order valence-corrected chi connectivity index (χ3v) is 4.10. The van der Waals surface area contributed by atoms with Gasteiger partial charge in [-0.05, 0) is 53.1 Å². The Hall–Kier alpha value is -3.18. The molecule has 3 N–H and O–H groups in total. The average molecular weight is 364 g/mol. The second kappa shape index (κ2) is 8.96. The molecule has 0 aliphatic carbocycles. The number of rotatable bonds is 8. The molecule has 138 valence electrons. The monoisotopic (exact) mass is 364 g/mol. The first kappa shape index (κ1) is 18.6. The average Bonchev–Trinajstić information content (AvgIpc) is 2.68. The normalized spacial score (nSPS) is 10.6. The molecule has 3 rings (SSSR count). The molecule has 0 unspecified atom stereocenters. The Bertz CT molecular complexity index is 910. The van der Waals surface area contributed by atoms with E-state index < -0.39 is 5.91 Å². The fourth-order valence-corrected chi connectivity index (χ4v) is 2.71. The third kappa shape index (κ3) is 5.39. The van der Waals surface area contributed by atoms with Gasteiger partial charge in [-0.25, -0.2) is 4.39 Å². The highest BCUT2D eigenvalue weighted by molar-refractivity contribution is 5.93. The van der Waals surface area contributed by atoms with E-state index in [-0.39, 0.29) is 5.82 Å². The lowest BCUT2D eigenvalue weighted by atomic mass is 10.0. The van der Waals surface area contributed by atoms with E-state index in [1.54, 1.807) is 18.2 Å². The molecule has 27 heavy (non-hydrogen) atoms. The molecule has 0 aliphatic rings. The standard InChI is InChI=1S/C22H21FN2O2/c23-20-5-1-3-16(13-20)15-25-11-12-27-21-6-2-4-19(14-21)17-7-9-18(10-8-17)22(24)26/h1-10,13-14,25H,11-12,15H2,(H2,24,26). The Morgan fingerprint density at radius 3 is 2.48 bits per heavy atom. The van der Waals surface area contributed by atoms with E-state index in [0.717, 1.165) is 22.4 Å². The molecule has 5 heteroatoms. The van der Waals surface area contributed by atoms with Gasteiger partial charge in [0.15, 0.2) is 0 Å². The number of carbonyl (C=O) groups excluding carboxylic acids is 1. The van der Waals surface area contributed by atoms with Crippen LogP contribution in [0.15, 0.2) is 72.8 Å². The summed E-state index contributed by atoms with van der Waals surface area (Å²) in [5.74, 6) is 0.0923. The van der Waals surface area contributed by atoms with Crippen molar-refractivity contribution in [3.8, 4) is 16.9 Å². The fraction of sp³-hybridized carbons (Fsp3) is 0.136. The SMILES string of the molecule is NC(=O)c1ccc(-c2cccc(OCCNCc3cccc(F)c3)c2)cc1. The maximum Gasteiger partial charge on any atom is 0.248 e. The number of halogens is 1. The number of amides is 1. The Balaban J connectivity index is 1.51. The zero-order chi connectivity index (χ0) is 19.1. The predicted molar refractivity (Wildman–Crippen MR) is 104 cm³/mol. The van der Waals surface area contributed by atoms with Gasteiger partial charge in [-0.2, -0.15) is 0 Å². The van der Waals surface area contributed by atoms with Gasteiger partial charge >= 0.3 is 0 Å². The molecule has 0 fully saturated rings. The summed E-state index contributed by atoms with van der Waals surface area (Å²) in [6.07, 6.45) is 0. The molecule has 0 spiro atoms. The summed E-state index contributed by atoms with van der Waals surface area (Å²) in [5.41, 5.74) is 8.63. The summed E-state index contributed by atoms with van der Waals surface area (Å²) in [6, 6.07) is 21.4. The van der Waals surface area contributed by atoms with Crippen LogP contribution in [0.1, 0.15) is 15.9 Å². The van der Waals surface area contributed by atoms with Gasteiger partial charge in [-0.1, -0.05) is 36.4 Å². The smallest absolute Gasteiger partial charge is 0.248 e. The van der Waals surface area contributed by atoms with Crippen LogP contribution >= 0.6 is 0 Å². The maximum absolute atomic E-state index is 13.1. The van der Waals surface area contributed by atoms with Crippen molar-refractivity contribution in [1.29, 1.82) is 0 Å². The molecule has 3 aromatic carbocycles. The van der Waals surface area contributed by atoms with Crippen LogP contribution in [-0.2, 0) is 6.54 Å². The molecule has 1 amide bonds. The molecule has 0 saturated carbocycles. The van der Waals surface area contributed by atoms with E-state index in [4.69, 9.17) is 10.5 Å². The van der Waals surface area contributed by atoms with E-state index in [0.29, 0.717) is 25.3 Å². The van der Waals surface area contributed by atoms with Gasteiger partial charge in [0.1, 0.15) is 18.2 Å². The number of benzene rings is 3. The van der Waals surface area contributed by atoms with Gasteiger partial charge in [0.2, 0.25) is 5.91 Å². The summed E-state index contributed by atoms with van der Waals surface area (Å²) in [6.45, 7) is 1.74. The number of ether oxygens (including phenoxy) is 1. The van der Waals surface area contributed by atoms with Crippen LogP contribution in [0, 0.1) is 5.82 Å². The van der Waals surface area contributed by atoms with Crippen molar-refractivity contribution >= 4 is 5.91 Å². The minimum atomic E-state index is -0.440. The van der Waals surface area contributed by atoms with Gasteiger partial charge in [0.05, 0.1) is 0 Å². The molecular weight excluding hydrogens is 343 g/mol. The number of primary amides is 1. The van der Waals surface area contributed by atoms with Crippen LogP contribution in [0.5, 0.6) is 5.75 Å². The topological polar surface area (TPSA) is 64.4 Å². The lowest BCUT2D eigenvalue weighted by molar-refractivity contribution is 0.100. The van der Waals surface area contributed by atoms with E-state index in [2.05, 4.69) is 5.32 Å². The number of hydrogen-bond acceptors (Lipinski definition) is 3.